The summed E-state index contributed by atoms with van der Waals surface area (Å²) in [5, 5.41) is 0. The summed E-state index contributed by atoms with van der Waals surface area (Å²) in [6.45, 7) is 2.27. The van der Waals surface area contributed by atoms with E-state index in [1.54, 1.807) is 0 Å². The molecule has 2 heteroatoms. The number of alkyl halides is 2. The molecule has 2 saturated carbocycles. The Morgan fingerprint density at radius 2 is 1.68 bits per heavy atom. The van der Waals surface area contributed by atoms with Gasteiger partial charge in [0.2, 0.25) is 6.43 Å². The van der Waals surface area contributed by atoms with E-state index in [1.807, 2.05) is 6.08 Å². The van der Waals surface area contributed by atoms with E-state index >= 15 is 0 Å². The van der Waals surface area contributed by atoms with Crippen LogP contribution in [-0.4, -0.2) is 6.43 Å². The molecule has 124 valence electrons. The molecule has 2 fully saturated rings. The van der Waals surface area contributed by atoms with Gasteiger partial charge >= 0.3 is 0 Å². The summed E-state index contributed by atoms with van der Waals surface area (Å²) < 4.78 is 25.2. The molecule has 2 rings (SSSR count). The zero-order chi connectivity index (χ0) is 15.8. The molecule has 2 aliphatic rings. The van der Waals surface area contributed by atoms with Crippen LogP contribution in [0.2, 0.25) is 0 Å². The first-order valence-electron chi connectivity index (χ1n) is 9.15. The number of hydrogen-bond acceptors (Lipinski definition) is 0. The van der Waals surface area contributed by atoms with Crippen LogP contribution in [0.4, 0.5) is 8.78 Å². The summed E-state index contributed by atoms with van der Waals surface area (Å²) in [5.74, 6) is 8.04. The summed E-state index contributed by atoms with van der Waals surface area (Å²) in [7, 11) is 0. The Hall–Kier alpha value is -0.840. The average molecular weight is 308 g/mol. The van der Waals surface area contributed by atoms with Crippen molar-refractivity contribution in [1.82, 2.24) is 0 Å². The SMILES string of the molecule is CCCC1CCC(/C=C/C#CC2CCC(C(F)F)CC2)CC1. The minimum Gasteiger partial charge on any atom is -0.210 e. The summed E-state index contributed by atoms with van der Waals surface area (Å²) >= 11 is 0. The van der Waals surface area contributed by atoms with Gasteiger partial charge in [0.1, 0.15) is 0 Å². The molecule has 0 aliphatic heterocycles. The Morgan fingerprint density at radius 3 is 2.27 bits per heavy atom. The third-order valence-corrected chi connectivity index (χ3v) is 5.46. The minimum absolute atomic E-state index is 0.333. The average Bonchev–Trinajstić information content (AvgIpc) is 2.54. The van der Waals surface area contributed by atoms with Gasteiger partial charge in [-0.1, -0.05) is 37.7 Å². The number of halogens is 2. The number of allylic oxidation sites excluding steroid dienone is 2. The van der Waals surface area contributed by atoms with Crippen LogP contribution in [0.3, 0.4) is 0 Å². The van der Waals surface area contributed by atoms with E-state index in [0.29, 0.717) is 24.7 Å². The number of hydrogen-bond donors (Lipinski definition) is 0. The van der Waals surface area contributed by atoms with Crippen LogP contribution in [0, 0.1) is 35.5 Å². The van der Waals surface area contributed by atoms with Crippen LogP contribution in [0.25, 0.3) is 0 Å². The van der Waals surface area contributed by atoms with E-state index in [0.717, 1.165) is 18.8 Å². The molecule has 0 bridgehead atoms. The van der Waals surface area contributed by atoms with Crippen molar-refractivity contribution >= 4 is 0 Å². The van der Waals surface area contributed by atoms with Gasteiger partial charge < -0.3 is 0 Å². The van der Waals surface area contributed by atoms with Crippen LogP contribution >= 0.6 is 0 Å². The fraction of sp³-hybridized carbons (Fsp3) is 0.800. The fourth-order valence-corrected chi connectivity index (χ4v) is 3.94. The zero-order valence-corrected chi connectivity index (χ0v) is 13.9. The van der Waals surface area contributed by atoms with Gasteiger partial charge in [-0.05, 0) is 69.3 Å². The lowest BCUT2D eigenvalue weighted by Crippen LogP contribution is -2.19. The highest BCUT2D eigenvalue weighted by molar-refractivity contribution is 5.18. The van der Waals surface area contributed by atoms with Crippen LogP contribution in [0.5, 0.6) is 0 Å². The smallest absolute Gasteiger partial charge is 0.210 e. The lowest BCUT2D eigenvalue weighted by molar-refractivity contribution is 0.0513. The molecule has 0 amide bonds. The van der Waals surface area contributed by atoms with Gasteiger partial charge in [-0.2, -0.15) is 0 Å². The predicted octanol–water partition coefficient (Wildman–Crippen LogP) is 6.22. The molecule has 0 nitrogen and oxygen atoms in total. The molecular weight excluding hydrogens is 278 g/mol. The third kappa shape index (κ3) is 5.75. The zero-order valence-electron chi connectivity index (χ0n) is 13.9. The van der Waals surface area contributed by atoms with Gasteiger partial charge in [-0.25, -0.2) is 8.78 Å². The van der Waals surface area contributed by atoms with Crippen molar-refractivity contribution in [1.29, 1.82) is 0 Å². The Balaban J connectivity index is 1.66. The molecule has 0 unspecified atom stereocenters. The van der Waals surface area contributed by atoms with Gasteiger partial charge in [-0.15, -0.1) is 0 Å². The summed E-state index contributed by atoms with van der Waals surface area (Å²) in [5.41, 5.74) is 0. The molecule has 22 heavy (non-hydrogen) atoms. The van der Waals surface area contributed by atoms with Crippen LogP contribution in [0.15, 0.2) is 12.2 Å². The Labute approximate surface area is 134 Å². The predicted molar refractivity (Wildman–Crippen MR) is 88.7 cm³/mol. The monoisotopic (exact) mass is 308 g/mol. The van der Waals surface area contributed by atoms with Crippen molar-refractivity contribution in [2.24, 2.45) is 23.7 Å². The van der Waals surface area contributed by atoms with Crippen molar-refractivity contribution in [2.75, 3.05) is 0 Å². The van der Waals surface area contributed by atoms with Gasteiger partial charge in [0.15, 0.2) is 0 Å². The highest BCUT2D eigenvalue weighted by Crippen LogP contribution is 2.33. The molecule has 2 aliphatic carbocycles. The molecular formula is C20H30F2. The van der Waals surface area contributed by atoms with Gasteiger partial charge in [0.05, 0.1) is 0 Å². The van der Waals surface area contributed by atoms with Crippen molar-refractivity contribution < 1.29 is 8.78 Å². The molecule has 0 aromatic rings. The minimum atomic E-state index is -2.14. The maximum absolute atomic E-state index is 12.6. The largest absolute Gasteiger partial charge is 0.241 e. The van der Waals surface area contributed by atoms with Crippen LogP contribution < -0.4 is 0 Å². The van der Waals surface area contributed by atoms with E-state index < -0.39 is 6.43 Å². The Kier molecular flexibility index (Phi) is 7.43. The molecule has 0 aromatic carbocycles. The van der Waals surface area contributed by atoms with Crippen LogP contribution in [-0.2, 0) is 0 Å². The first-order valence-corrected chi connectivity index (χ1v) is 9.15. The second kappa shape index (κ2) is 9.33. The first-order chi connectivity index (χ1) is 10.7. The van der Waals surface area contributed by atoms with Crippen molar-refractivity contribution in [3.63, 3.8) is 0 Å². The standard InChI is InChI=1S/C20H30F2/c1-2-5-16-8-10-17(11-9-16)6-3-4-7-18-12-14-19(15-13-18)20(21)22/h3,6,16-20H,2,5,8-15H2,1H3/b6-3+. The highest BCUT2D eigenvalue weighted by Gasteiger charge is 2.26. The van der Waals surface area contributed by atoms with Crippen LogP contribution in [0.1, 0.15) is 71.1 Å². The lowest BCUT2D eigenvalue weighted by atomic mass is 9.80. The van der Waals surface area contributed by atoms with E-state index in [4.69, 9.17) is 0 Å². The molecule has 0 heterocycles. The van der Waals surface area contributed by atoms with E-state index in [-0.39, 0.29) is 5.92 Å². The van der Waals surface area contributed by atoms with Gasteiger partial charge in [-0.3, -0.25) is 0 Å². The molecule has 0 saturated heterocycles. The third-order valence-electron chi connectivity index (χ3n) is 5.46. The van der Waals surface area contributed by atoms with Gasteiger partial charge in [0.25, 0.3) is 0 Å². The quantitative estimate of drug-likeness (QED) is 0.540. The molecule has 0 radical (unpaired) electrons. The lowest BCUT2D eigenvalue weighted by Gasteiger charge is -2.26. The molecule has 0 aromatic heterocycles. The Bertz CT molecular complexity index is 386. The molecule has 0 spiro atoms. The fourth-order valence-electron chi connectivity index (χ4n) is 3.94. The van der Waals surface area contributed by atoms with E-state index in [2.05, 4.69) is 24.8 Å². The molecule has 0 N–H and O–H groups in total. The second-order valence-corrected chi connectivity index (χ2v) is 7.16. The highest BCUT2D eigenvalue weighted by atomic mass is 19.3. The maximum Gasteiger partial charge on any atom is 0.241 e. The van der Waals surface area contributed by atoms with Crippen molar-refractivity contribution in [3.8, 4) is 11.8 Å². The van der Waals surface area contributed by atoms with E-state index in [1.165, 1.54) is 38.5 Å². The summed E-state index contributed by atoms with van der Waals surface area (Å²) in [6.07, 6.45) is 13.2. The second-order valence-electron chi connectivity index (χ2n) is 7.16. The van der Waals surface area contributed by atoms with E-state index in [9.17, 15) is 8.78 Å². The number of rotatable bonds is 4. The normalized spacial score (nSPS) is 32.9. The summed E-state index contributed by atoms with van der Waals surface area (Å²) in [6, 6.07) is 0. The van der Waals surface area contributed by atoms with Gasteiger partial charge in [0, 0.05) is 11.8 Å². The maximum atomic E-state index is 12.6. The first kappa shape index (κ1) is 17.5. The summed E-state index contributed by atoms with van der Waals surface area (Å²) in [4.78, 5) is 0. The topological polar surface area (TPSA) is 0 Å². The Morgan fingerprint density at radius 1 is 1.00 bits per heavy atom. The van der Waals surface area contributed by atoms with Crippen molar-refractivity contribution in [3.05, 3.63) is 12.2 Å². The van der Waals surface area contributed by atoms with Crippen molar-refractivity contribution in [2.45, 2.75) is 77.6 Å². The molecule has 0 atom stereocenters.